The highest BCUT2D eigenvalue weighted by molar-refractivity contribution is 6.21. The van der Waals surface area contributed by atoms with Gasteiger partial charge in [0.25, 0.3) is 0 Å². The fraction of sp³-hybridized carbons (Fsp3) is 0.100. The number of fused-ring (bicyclic) bond motifs is 1. The minimum absolute atomic E-state index is 0.164. The van der Waals surface area contributed by atoms with Crippen LogP contribution in [0.25, 0.3) is 0 Å². The van der Waals surface area contributed by atoms with E-state index in [-0.39, 0.29) is 17.3 Å². The smallest absolute Gasteiger partial charge is 0.213 e. The van der Waals surface area contributed by atoms with Gasteiger partial charge in [-0.05, 0) is 18.2 Å². The minimum atomic E-state index is -0.265. The Labute approximate surface area is 80.2 Å². The van der Waals surface area contributed by atoms with E-state index in [0.717, 1.165) is 0 Å². The number of methoxy groups -OCH3 is 1. The Bertz CT molecular complexity index is 449. The molecule has 0 fully saturated rings. The standard InChI is InChI=1S/C10H7NO3/c1-14-9-5-2-6-7(12)3-4-8(13)10(6)11-9/h2-5H,1H3. The molecule has 0 amide bonds. The van der Waals surface area contributed by atoms with Gasteiger partial charge in [0, 0.05) is 6.07 Å². The van der Waals surface area contributed by atoms with Crippen molar-refractivity contribution < 1.29 is 14.3 Å². The molecule has 1 aliphatic rings. The summed E-state index contributed by atoms with van der Waals surface area (Å²) in [5, 5.41) is 0. The third-order valence-electron chi connectivity index (χ3n) is 1.96. The molecule has 0 aliphatic heterocycles. The zero-order valence-corrected chi connectivity index (χ0v) is 7.48. The van der Waals surface area contributed by atoms with Gasteiger partial charge in [0.1, 0.15) is 5.69 Å². The van der Waals surface area contributed by atoms with Crippen LogP contribution in [0.15, 0.2) is 24.3 Å². The maximum Gasteiger partial charge on any atom is 0.213 e. The number of aromatic nitrogens is 1. The predicted molar refractivity (Wildman–Crippen MR) is 48.6 cm³/mol. The lowest BCUT2D eigenvalue weighted by atomic mass is 10.0. The van der Waals surface area contributed by atoms with Crippen LogP contribution >= 0.6 is 0 Å². The van der Waals surface area contributed by atoms with Gasteiger partial charge in [0.05, 0.1) is 12.7 Å². The van der Waals surface area contributed by atoms with Gasteiger partial charge < -0.3 is 4.74 Å². The molecular formula is C10H7NO3. The molecule has 0 radical (unpaired) electrons. The molecule has 14 heavy (non-hydrogen) atoms. The van der Waals surface area contributed by atoms with E-state index in [1.165, 1.54) is 19.3 Å². The Balaban J connectivity index is 2.61. The van der Waals surface area contributed by atoms with Gasteiger partial charge in [-0.15, -0.1) is 0 Å². The van der Waals surface area contributed by atoms with Crippen molar-refractivity contribution in [2.45, 2.75) is 0 Å². The van der Waals surface area contributed by atoms with Crippen molar-refractivity contribution in [3.63, 3.8) is 0 Å². The summed E-state index contributed by atoms with van der Waals surface area (Å²) in [7, 11) is 1.46. The van der Waals surface area contributed by atoms with Crippen LogP contribution < -0.4 is 4.74 Å². The molecule has 2 rings (SSSR count). The SMILES string of the molecule is COc1ccc2c(n1)C(=O)C=CC2=O. The summed E-state index contributed by atoms with van der Waals surface area (Å²) < 4.78 is 4.87. The summed E-state index contributed by atoms with van der Waals surface area (Å²) in [5.41, 5.74) is 0.496. The van der Waals surface area contributed by atoms with E-state index in [9.17, 15) is 9.59 Å². The van der Waals surface area contributed by atoms with Gasteiger partial charge in [-0.2, -0.15) is 0 Å². The van der Waals surface area contributed by atoms with Crippen LogP contribution in [0.2, 0.25) is 0 Å². The number of hydrogen-bond acceptors (Lipinski definition) is 4. The monoisotopic (exact) mass is 189 g/mol. The molecular weight excluding hydrogens is 182 g/mol. The molecule has 0 saturated carbocycles. The second-order valence-electron chi connectivity index (χ2n) is 2.81. The molecule has 0 atom stereocenters. The van der Waals surface area contributed by atoms with Crippen LogP contribution in [0, 0.1) is 0 Å². The fourth-order valence-electron chi connectivity index (χ4n) is 1.26. The Morgan fingerprint density at radius 3 is 2.57 bits per heavy atom. The fourth-order valence-corrected chi connectivity index (χ4v) is 1.26. The lowest BCUT2D eigenvalue weighted by molar-refractivity contribution is 0.0989. The highest BCUT2D eigenvalue weighted by Crippen LogP contribution is 2.18. The quantitative estimate of drug-likeness (QED) is 0.662. The van der Waals surface area contributed by atoms with Gasteiger partial charge in [-0.25, -0.2) is 4.98 Å². The molecule has 1 aromatic rings. The van der Waals surface area contributed by atoms with Crippen LogP contribution in [0.1, 0.15) is 20.8 Å². The van der Waals surface area contributed by atoms with E-state index in [2.05, 4.69) is 4.98 Å². The van der Waals surface area contributed by atoms with E-state index < -0.39 is 0 Å². The lowest BCUT2D eigenvalue weighted by Gasteiger charge is -2.08. The van der Waals surface area contributed by atoms with Crippen LogP contribution in [0.5, 0.6) is 5.88 Å². The molecule has 70 valence electrons. The summed E-state index contributed by atoms with van der Waals surface area (Å²) in [5.74, 6) is -0.131. The number of nitrogens with zero attached hydrogens (tertiary/aromatic N) is 1. The first-order valence-corrected chi connectivity index (χ1v) is 4.04. The second kappa shape index (κ2) is 3.06. The second-order valence-corrected chi connectivity index (χ2v) is 2.81. The zero-order chi connectivity index (χ0) is 10.1. The largest absolute Gasteiger partial charge is 0.481 e. The molecule has 1 aliphatic carbocycles. The summed E-state index contributed by atoms with van der Waals surface area (Å²) in [4.78, 5) is 26.6. The summed E-state index contributed by atoms with van der Waals surface area (Å²) in [6, 6.07) is 3.11. The molecule has 4 nitrogen and oxygen atoms in total. The number of hydrogen-bond donors (Lipinski definition) is 0. The van der Waals surface area contributed by atoms with E-state index >= 15 is 0 Å². The molecule has 0 saturated heterocycles. The molecule has 0 bridgehead atoms. The summed E-state index contributed by atoms with van der Waals surface area (Å²) >= 11 is 0. The van der Waals surface area contributed by atoms with Crippen LogP contribution in [-0.2, 0) is 0 Å². The van der Waals surface area contributed by atoms with Crippen molar-refractivity contribution in [2.75, 3.05) is 7.11 Å². The number of ether oxygens (including phenoxy) is 1. The first-order valence-electron chi connectivity index (χ1n) is 4.04. The van der Waals surface area contributed by atoms with Gasteiger partial charge in [0.2, 0.25) is 11.7 Å². The summed E-state index contributed by atoms with van der Waals surface area (Å²) in [6.45, 7) is 0. The first-order chi connectivity index (χ1) is 6.72. The molecule has 0 spiro atoms. The van der Waals surface area contributed by atoms with Gasteiger partial charge in [-0.1, -0.05) is 0 Å². The van der Waals surface area contributed by atoms with Crippen molar-refractivity contribution in [1.82, 2.24) is 4.98 Å². The number of rotatable bonds is 1. The Morgan fingerprint density at radius 1 is 1.14 bits per heavy atom. The van der Waals surface area contributed by atoms with E-state index in [1.54, 1.807) is 12.1 Å². The maximum absolute atomic E-state index is 11.3. The van der Waals surface area contributed by atoms with Crippen molar-refractivity contribution in [3.05, 3.63) is 35.5 Å². The van der Waals surface area contributed by atoms with Crippen LogP contribution in [0.3, 0.4) is 0 Å². The zero-order valence-electron chi connectivity index (χ0n) is 7.48. The topological polar surface area (TPSA) is 56.3 Å². The third kappa shape index (κ3) is 1.21. The highest BCUT2D eigenvalue weighted by atomic mass is 16.5. The first kappa shape index (κ1) is 8.62. The molecule has 4 heteroatoms. The maximum atomic E-state index is 11.3. The molecule has 0 N–H and O–H groups in total. The van der Waals surface area contributed by atoms with E-state index in [4.69, 9.17) is 4.74 Å². The number of allylic oxidation sites excluding steroid dienone is 2. The normalized spacial score (nSPS) is 14.1. The number of pyridine rings is 1. The van der Waals surface area contributed by atoms with Gasteiger partial charge in [0.15, 0.2) is 5.78 Å². The summed E-state index contributed by atoms with van der Waals surface area (Å²) in [6.07, 6.45) is 2.47. The van der Waals surface area contributed by atoms with E-state index in [0.29, 0.717) is 11.4 Å². The van der Waals surface area contributed by atoms with Crippen molar-refractivity contribution in [1.29, 1.82) is 0 Å². The third-order valence-corrected chi connectivity index (χ3v) is 1.96. The Hall–Kier alpha value is -1.97. The molecule has 1 aromatic heterocycles. The van der Waals surface area contributed by atoms with Gasteiger partial charge >= 0.3 is 0 Å². The molecule has 1 heterocycles. The Kier molecular flexibility index (Phi) is 1.89. The highest BCUT2D eigenvalue weighted by Gasteiger charge is 2.20. The average molecular weight is 189 g/mol. The van der Waals surface area contributed by atoms with Crippen LogP contribution in [-0.4, -0.2) is 23.7 Å². The average Bonchev–Trinajstić information content (AvgIpc) is 2.23. The van der Waals surface area contributed by atoms with Crippen molar-refractivity contribution >= 4 is 11.6 Å². The molecule has 0 unspecified atom stereocenters. The predicted octanol–water partition coefficient (Wildman–Crippen LogP) is 1.03. The number of carbonyl (C=O) groups is 2. The van der Waals surface area contributed by atoms with E-state index in [1.807, 2.05) is 0 Å². The lowest BCUT2D eigenvalue weighted by Crippen LogP contribution is -2.13. The van der Waals surface area contributed by atoms with Gasteiger partial charge in [-0.3, -0.25) is 9.59 Å². The number of carbonyl (C=O) groups excluding carboxylic acids is 2. The van der Waals surface area contributed by atoms with Crippen molar-refractivity contribution in [3.8, 4) is 5.88 Å². The number of ketones is 2. The Morgan fingerprint density at radius 2 is 1.86 bits per heavy atom. The minimum Gasteiger partial charge on any atom is -0.481 e. The molecule has 0 aromatic carbocycles. The van der Waals surface area contributed by atoms with Crippen LogP contribution in [0.4, 0.5) is 0 Å². The van der Waals surface area contributed by atoms with Crippen molar-refractivity contribution in [2.24, 2.45) is 0 Å².